The Morgan fingerprint density at radius 2 is 2.15 bits per heavy atom. The van der Waals surface area contributed by atoms with E-state index in [2.05, 4.69) is 0 Å². The van der Waals surface area contributed by atoms with Crippen LogP contribution >= 0.6 is 11.6 Å². The first kappa shape index (κ1) is 10.3. The number of nitrogen functional groups attached to an aromatic ring is 1. The van der Waals surface area contributed by atoms with E-state index < -0.39 is 6.29 Å². The smallest absolute Gasteiger partial charge is 0.181 e. The molecule has 72 valence electrons. The minimum atomic E-state index is -0.971. The Labute approximate surface area is 82.1 Å². The fourth-order valence-corrected chi connectivity index (χ4v) is 1.34. The van der Waals surface area contributed by atoms with Crippen LogP contribution in [-0.4, -0.2) is 12.2 Å². The Kier molecular flexibility index (Phi) is 3.14. The number of nitrogens with two attached hydrogens (primary N) is 1. The number of ether oxygens (including phenoxy) is 1. The molecule has 0 aromatic heterocycles. The minimum absolute atomic E-state index is 0.495. The SMILES string of the molecule is COC(O)c1cc(Cl)cc(N)c1C. The molecule has 0 saturated carbocycles. The highest BCUT2D eigenvalue weighted by molar-refractivity contribution is 6.31. The summed E-state index contributed by atoms with van der Waals surface area (Å²) in [6.45, 7) is 1.81. The summed E-state index contributed by atoms with van der Waals surface area (Å²) in [4.78, 5) is 0. The van der Waals surface area contributed by atoms with E-state index in [0.29, 0.717) is 16.3 Å². The van der Waals surface area contributed by atoms with Crippen molar-refractivity contribution in [3.05, 3.63) is 28.3 Å². The van der Waals surface area contributed by atoms with Crippen molar-refractivity contribution in [2.45, 2.75) is 13.2 Å². The molecule has 1 atom stereocenters. The number of aliphatic hydroxyl groups is 1. The molecule has 13 heavy (non-hydrogen) atoms. The Morgan fingerprint density at radius 3 is 2.69 bits per heavy atom. The maximum atomic E-state index is 9.42. The predicted molar refractivity (Wildman–Crippen MR) is 52.6 cm³/mol. The predicted octanol–water partition coefficient (Wildman–Crippen LogP) is 1.87. The van der Waals surface area contributed by atoms with Crippen molar-refractivity contribution in [1.82, 2.24) is 0 Å². The highest BCUT2D eigenvalue weighted by Crippen LogP contribution is 2.27. The van der Waals surface area contributed by atoms with Gasteiger partial charge in [-0.15, -0.1) is 0 Å². The van der Waals surface area contributed by atoms with Crippen molar-refractivity contribution in [3.8, 4) is 0 Å². The number of halogens is 1. The van der Waals surface area contributed by atoms with Crippen LogP contribution in [0, 0.1) is 6.92 Å². The summed E-state index contributed by atoms with van der Waals surface area (Å²) in [5.41, 5.74) is 7.61. The van der Waals surface area contributed by atoms with Gasteiger partial charge in [-0.2, -0.15) is 0 Å². The quantitative estimate of drug-likeness (QED) is 0.567. The zero-order valence-electron chi connectivity index (χ0n) is 7.54. The summed E-state index contributed by atoms with van der Waals surface area (Å²) in [6, 6.07) is 3.28. The highest BCUT2D eigenvalue weighted by Gasteiger charge is 2.11. The Hall–Kier alpha value is -0.770. The third kappa shape index (κ3) is 2.12. The van der Waals surface area contributed by atoms with Gasteiger partial charge in [-0.25, -0.2) is 0 Å². The lowest BCUT2D eigenvalue weighted by Gasteiger charge is -2.13. The number of rotatable bonds is 2. The van der Waals surface area contributed by atoms with Crippen molar-refractivity contribution >= 4 is 17.3 Å². The van der Waals surface area contributed by atoms with Gasteiger partial charge in [0.15, 0.2) is 6.29 Å². The average molecular weight is 202 g/mol. The molecule has 0 heterocycles. The highest BCUT2D eigenvalue weighted by atomic mass is 35.5. The van der Waals surface area contributed by atoms with Crippen LogP contribution in [0.3, 0.4) is 0 Å². The second kappa shape index (κ2) is 3.96. The first-order valence-electron chi connectivity index (χ1n) is 3.82. The zero-order chi connectivity index (χ0) is 10.0. The summed E-state index contributed by atoms with van der Waals surface area (Å²) in [6.07, 6.45) is -0.971. The van der Waals surface area contributed by atoms with E-state index in [-0.39, 0.29) is 0 Å². The lowest BCUT2D eigenvalue weighted by molar-refractivity contribution is -0.0772. The molecule has 4 heteroatoms. The topological polar surface area (TPSA) is 55.5 Å². The Morgan fingerprint density at radius 1 is 1.54 bits per heavy atom. The van der Waals surface area contributed by atoms with Gasteiger partial charge < -0.3 is 15.6 Å². The van der Waals surface area contributed by atoms with Crippen LogP contribution in [0.5, 0.6) is 0 Å². The van der Waals surface area contributed by atoms with Gasteiger partial charge in [-0.1, -0.05) is 11.6 Å². The molecule has 0 bridgehead atoms. The van der Waals surface area contributed by atoms with Crippen molar-refractivity contribution in [2.75, 3.05) is 12.8 Å². The van der Waals surface area contributed by atoms with Crippen molar-refractivity contribution in [3.63, 3.8) is 0 Å². The number of hydrogen-bond donors (Lipinski definition) is 2. The monoisotopic (exact) mass is 201 g/mol. The van der Waals surface area contributed by atoms with Crippen LogP contribution in [0.2, 0.25) is 5.02 Å². The van der Waals surface area contributed by atoms with Gasteiger partial charge in [0.05, 0.1) is 0 Å². The average Bonchev–Trinajstić information content (AvgIpc) is 2.10. The van der Waals surface area contributed by atoms with Crippen molar-refractivity contribution in [1.29, 1.82) is 0 Å². The summed E-state index contributed by atoms with van der Waals surface area (Å²) in [7, 11) is 1.42. The first-order chi connectivity index (χ1) is 6.06. The van der Waals surface area contributed by atoms with E-state index in [1.165, 1.54) is 7.11 Å². The maximum absolute atomic E-state index is 9.42. The summed E-state index contributed by atoms with van der Waals surface area (Å²) < 4.78 is 4.77. The number of hydrogen-bond acceptors (Lipinski definition) is 3. The lowest BCUT2D eigenvalue weighted by atomic mass is 10.1. The second-order valence-corrected chi connectivity index (χ2v) is 3.23. The molecule has 0 amide bonds. The molecule has 1 aromatic rings. The van der Waals surface area contributed by atoms with Crippen molar-refractivity contribution in [2.24, 2.45) is 0 Å². The molecular formula is C9H12ClNO2. The number of anilines is 1. The third-order valence-electron chi connectivity index (χ3n) is 1.94. The summed E-state index contributed by atoms with van der Waals surface area (Å²) in [5.74, 6) is 0. The standard InChI is InChI=1S/C9H12ClNO2/c1-5-7(9(12)13-2)3-6(10)4-8(5)11/h3-4,9,12H,11H2,1-2H3. The van der Waals surface area contributed by atoms with Crippen LogP contribution in [0.4, 0.5) is 5.69 Å². The van der Waals surface area contributed by atoms with E-state index in [4.69, 9.17) is 22.1 Å². The molecule has 1 rings (SSSR count). The normalized spacial score (nSPS) is 12.9. The molecule has 3 nitrogen and oxygen atoms in total. The van der Waals surface area contributed by atoms with Crippen molar-refractivity contribution < 1.29 is 9.84 Å². The first-order valence-corrected chi connectivity index (χ1v) is 4.20. The Balaban J connectivity index is 3.20. The zero-order valence-corrected chi connectivity index (χ0v) is 8.30. The fourth-order valence-electron chi connectivity index (χ4n) is 1.11. The van der Waals surface area contributed by atoms with Crippen LogP contribution in [0.25, 0.3) is 0 Å². The number of aliphatic hydroxyl groups excluding tert-OH is 1. The van der Waals surface area contributed by atoms with E-state index in [9.17, 15) is 5.11 Å². The van der Waals surface area contributed by atoms with Gasteiger partial charge in [0, 0.05) is 23.4 Å². The van der Waals surface area contributed by atoms with Gasteiger partial charge in [0.2, 0.25) is 0 Å². The maximum Gasteiger partial charge on any atom is 0.181 e. The van der Waals surface area contributed by atoms with Gasteiger partial charge in [-0.05, 0) is 24.6 Å². The van der Waals surface area contributed by atoms with Crippen LogP contribution in [0.15, 0.2) is 12.1 Å². The Bertz CT molecular complexity index is 315. The molecule has 3 N–H and O–H groups in total. The molecule has 0 spiro atoms. The fraction of sp³-hybridized carbons (Fsp3) is 0.333. The molecule has 0 aliphatic heterocycles. The summed E-state index contributed by atoms with van der Waals surface area (Å²) >= 11 is 5.78. The molecule has 1 unspecified atom stereocenters. The number of benzene rings is 1. The minimum Gasteiger partial charge on any atom is -0.398 e. The molecule has 0 radical (unpaired) electrons. The van der Waals surface area contributed by atoms with Gasteiger partial charge in [-0.3, -0.25) is 0 Å². The molecule has 1 aromatic carbocycles. The molecule has 0 fully saturated rings. The molecular weight excluding hydrogens is 190 g/mol. The molecule has 0 aliphatic rings. The summed E-state index contributed by atoms with van der Waals surface area (Å²) in [5, 5.41) is 9.92. The van der Waals surface area contributed by atoms with Gasteiger partial charge >= 0.3 is 0 Å². The van der Waals surface area contributed by atoms with E-state index >= 15 is 0 Å². The van der Waals surface area contributed by atoms with Crippen LogP contribution < -0.4 is 5.73 Å². The van der Waals surface area contributed by atoms with Crippen LogP contribution in [-0.2, 0) is 4.74 Å². The van der Waals surface area contributed by atoms with Crippen LogP contribution in [0.1, 0.15) is 17.4 Å². The van der Waals surface area contributed by atoms with E-state index in [1.54, 1.807) is 12.1 Å². The second-order valence-electron chi connectivity index (χ2n) is 2.80. The van der Waals surface area contributed by atoms with Gasteiger partial charge in [0.25, 0.3) is 0 Å². The number of methoxy groups -OCH3 is 1. The van der Waals surface area contributed by atoms with Gasteiger partial charge in [0.1, 0.15) is 0 Å². The van der Waals surface area contributed by atoms with E-state index in [0.717, 1.165) is 5.56 Å². The molecule has 0 aliphatic carbocycles. The molecule has 0 saturated heterocycles. The lowest BCUT2D eigenvalue weighted by Crippen LogP contribution is -2.04. The third-order valence-corrected chi connectivity index (χ3v) is 2.16. The largest absolute Gasteiger partial charge is 0.398 e. The van der Waals surface area contributed by atoms with E-state index in [1.807, 2.05) is 6.92 Å².